The molecule has 0 aliphatic heterocycles. The van der Waals surface area contributed by atoms with Crippen LogP contribution in [0, 0.1) is 0 Å². The Morgan fingerprint density at radius 3 is 2.94 bits per heavy atom. The third-order valence-corrected chi connectivity index (χ3v) is 2.38. The highest BCUT2D eigenvalue weighted by Gasteiger charge is 2.13. The Labute approximate surface area is 93.3 Å². The summed E-state index contributed by atoms with van der Waals surface area (Å²) in [5.41, 5.74) is 6.47. The van der Waals surface area contributed by atoms with Gasteiger partial charge in [-0.2, -0.15) is 5.10 Å². The van der Waals surface area contributed by atoms with Crippen LogP contribution in [-0.4, -0.2) is 26.9 Å². The fourth-order valence-corrected chi connectivity index (χ4v) is 1.49. The summed E-state index contributed by atoms with van der Waals surface area (Å²) >= 11 is 0. The Hall–Kier alpha value is -1.75. The number of fused-ring (bicyclic) bond motifs is 1. The van der Waals surface area contributed by atoms with Crippen LogP contribution in [0.4, 0.5) is 0 Å². The minimum absolute atomic E-state index is 0.0104. The number of rotatable bonds is 3. The zero-order chi connectivity index (χ0) is 11.7. The number of Topliss-reactive ketones (excluding diaryl/α,β-unsaturated/α-hetero) is 1. The van der Waals surface area contributed by atoms with Gasteiger partial charge < -0.3 is 5.73 Å². The van der Waals surface area contributed by atoms with Gasteiger partial charge in [0, 0.05) is 12.1 Å². The molecule has 0 unspecified atom stereocenters. The monoisotopic (exact) mass is 218 g/mol. The first-order valence-electron chi connectivity index (χ1n) is 5.22. The van der Waals surface area contributed by atoms with Gasteiger partial charge in [0.2, 0.25) is 0 Å². The Morgan fingerprint density at radius 1 is 1.56 bits per heavy atom. The quantitative estimate of drug-likeness (QED) is 0.780. The molecule has 5 heteroatoms. The molecular formula is C11H14N4O. The molecule has 0 aliphatic carbocycles. The van der Waals surface area contributed by atoms with Crippen molar-refractivity contribution >= 4 is 11.4 Å². The number of carbonyl (C=O) groups excluding carboxylic acids is 1. The number of hydrogen-bond acceptors (Lipinski definition) is 4. The number of ketones is 1. The third kappa shape index (κ3) is 1.69. The molecule has 2 rings (SSSR count). The SMILES string of the molecule is CC(C)c1nc2c(C(=O)CN)cccn2n1. The average Bonchev–Trinajstić information content (AvgIpc) is 2.71. The highest BCUT2D eigenvalue weighted by Crippen LogP contribution is 2.14. The van der Waals surface area contributed by atoms with Gasteiger partial charge in [-0.3, -0.25) is 4.79 Å². The summed E-state index contributed by atoms with van der Waals surface area (Å²) in [5.74, 6) is 0.853. The van der Waals surface area contributed by atoms with Crippen LogP contribution >= 0.6 is 0 Å². The van der Waals surface area contributed by atoms with Gasteiger partial charge in [-0.05, 0) is 12.1 Å². The summed E-state index contributed by atoms with van der Waals surface area (Å²) < 4.78 is 1.62. The summed E-state index contributed by atoms with van der Waals surface area (Å²) in [7, 11) is 0. The van der Waals surface area contributed by atoms with Crippen molar-refractivity contribution in [3.8, 4) is 0 Å². The first-order valence-corrected chi connectivity index (χ1v) is 5.22. The minimum atomic E-state index is -0.117. The van der Waals surface area contributed by atoms with Crippen LogP contribution in [0.15, 0.2) is 18.3 Å². The first-order chi connectivity index (χ1) is 7.63. The van der Waals surface area contributed by atoms with Crippen molar-refractivity contribution in [3.63, 3.8) is 0 Å². The zero-order valence-electron chi connectivity index (χ0n) is 9.34. The van der Waals surface area contributed by atoms with Crippen molar-refractivity contribution < 1.29 is 4.79 Å². The Bertz CT molecular complexity index is 530. The van der Waals surface area contributed by atoms with Crippen LogP contribution in [0.3, 0.4) is 0 Å². The molecule has 2 N–H and O–H groups in total. The molecule has 16 heavy (non-hydrogen) atoms. The molecule has 0 spiro atoms. The molecule has 84 valence electrons. The van der Waals surface area contributed by atoms with Gasteiger partial charge >= 0.3 is 0 Å². The van der Waals surface area contributed by atoms with E-state index in [-0.39, 0.29) is 18.2 Å². The lowest BCUT2D eigenvalue weighted by Gasteiger charge is -1.98. The van der Waals surface area contributed by atoms with Crippen LogP contribution in [0.5, 0.6) is 0 Å². The molecule has 0 saturated heterocycles. The molecular weight excluding hydrogens is 204 g/mol. The summed E-state index contributed by atoms with van der Waals surface area (Å²) in [6.07, 6.45) is 1.78. The van der Waals surface area contributed by atoms with Gasteiger partial charge in [-0.25, -0.2) is 9.50 Å². The van der Waals surface area contributed by atoms with Crippen LogP contribution in [0.2, 0.25) is 0 Å². The fourth-order valence-electron chi connectivity index (χ4n) is 1.49. The van der Waals surface area contributed by atoms with E-state index in [1.807, 2.05) is 13.8 Å². The molecule has 0 saturated carbocycles. The zero-order valence-corrected chi connectivity index (χ0v) is 9.34. The maximum absolute atomic E-state index is 11.6. The first kappa shape index (κ1) is 10.8. The van der Waals surface area contributed by atoms with Crippen molar-refractivity contribution in [2.24, 2.45) is 5.73 Å². The van der Waals surface area contributed by atoms with Crippen LogP contribution < -0.4 is 5.73 Å². The second-order valence-electron chi connectivity index (χ2n) is 3.94. The number of pyridine rings is 1. The smallest absolute Gasteiger partial charge is 0.180 e. The molecule has 0 atom stereocenters. The maximum Gasteiger partial charge on any atom is 0.180 e. The molecule has 0 amide bonds. The molecule has 0 fully saturated rings. The number of carbonyl (C=O) groups is 1. The summed E-state index contributed by atoms with van der Waals surface area (Å²) in [6, 6.07) is 3.50. The van der Waals surface area contributed by atoms with Gasteiger partial charge in [0.25, 0.3) is 0 Å². The highest BCUT2D eigenvalue weighted by atomic mass is 16.1. The largest absolute Gasteiger partial charge is 0.324 e. The van der Waals surface area contributed by atoms with Crippen LogP contribution in [0.25, 0.3) is 5.65 Å². The Morgan fingerprint density at radius 2 is 2.31 bits per heavy atom. The molecule has 0 aromatic carbocycles. The van der Waals surface area contributed by atoms with Crippen molar-refractivity contribution in [1.82, 2.24) is 14.6 Å². The van der Waals surface area contributed by atoms with E-state index in [0.717, 1.165) is 5.82 Å². The predicted octanol–water partition coefficient (Wildman–Crippen LogP) is 0.994. The lowest BCUT2D eigenvalue weighted by molar-refractivity contribution is 0.100. The van der Waals surface area contributed by atoms with Gasteiger partial charge in [-0.1, -0.05) is 13.8 Å². The standard InChI is InChI=1S/C11H14N4O/c1-7(2)10-13-11-8(9(16)6-12)4-3-5-15(11)14-10/h3-5,7H,6,12H2,1-2H3. The molecule has 0 aliphatic rings. The number of nitrogens with two attached hydrogens (primary N) is 1. The van der Waals surface area contributed by atoms with Gasteiger partial charge in [0.05, 0.1) is 12.1 Å². The van der Waals surface area contributed by atoms with Crippen molar-refractivity contribution in [2.45, 2.75) is 19.8 Å². The van der Waals surface area contributed by atoms with Gasteiger partial charge in [-0.15, -0.1) is 0 Å². The van der Waals surface area contributed by atoms with E-state index in [4.69, 9.17) is 5.73 Å². The van der Waals surface area contributed by atoms with E-state index < -0.39 is 0 Å². The van der Waals surface area contributed by atoms with E-state index in [9.17, 15) is 4.79 Å². The van der Waals surface area contributed by atoms with Crippen molar-refractivity contribution in [2.75, 3.05) is 6.54 Å². The minimum Gasteiger partial charge on any atom is -0.324 e. The molecule has 0 radical (unpaired) electrons. The van der Waals surface area contributed by atoms with E-state index in [1.165, 1.54) is 0 Å². The second kappa shape index (κ2) is 4.02. The lowest BCUT2D eigenvalue weighted by atomic mass is 10.2. The summed E-state index contributed by atoms with van der Waals surface area (Å²) in [5, 5.41) is 4.30. The Balaban J connectivity index is 2.63. The summed E-state index contributed by atoms with van der Waals surface area (Å²) in [6.45, 7) is 4.02. The molecule has 0 bridgehead atoms. The maximum atomic E-state index is 11.6. The van der Waals surface area contributed by atoms with Gasteiger partial charge in [0.1, 0.15) is 0 Å². The van der Waals surface area contributed by atoms with Crippen molar-refractivity contribution in [1.29, 1.82) is 0 Å². The molecule has 5 nitrogen and oxygen atoms in total. The predicted molar refractivity (Wildman–Crippen MR) is 60.5 cm³/mol. The molecule has 2 aromatic heterocycles. The van der Waals surface area contributed by atoms with Crippen LogP contribution in [0.1, 0.15) is 35.9 Å². The lowest BCUT2D eigenvalue weighted by Crippen LogP contribution is -2.14. The van der Waals surface area contributed by atoms with E-state index in [2.05, 4.69) is 10.1 Å². The Kier molecular flexibility index (Phi) is 2.70. The molecule has 2 aromatic rings. The topological polar surface area (TPSA) is 73.3 Å². The van der Waals surface area contributed by atoms with Gasteiger partial charge in [0.15, 0.2) is 17.3 Å². The van der Waals surface area contributed by atoms with Crippen LogP contribution in [-0.2, 0) is 0 Å². The molecule has 2 heterocycles. The normalized spacial score (nSPS) is 11.2. The van der Waals surface area contributed by atoms with E-state index >= 15 is 0 Å². The van der Waals surface area contributed by atoms with E-state index in [0.29, 0.717) is 11.2 Å². The third-order valence-electron chi connectivity index (χ3n) is 2.38. The second-order valence-corrected chi connectivity index (χ2v) is 3.94. The summed E-state index contributed by atoms with van der Waals surface area (Å²) in [4.78, 5) is 16.0. The number of hydrogen-bond donors (Lipinski definition) is 1. The highest BCUT2D eigenvalue weighted by molar-refractivity contribution is 6.02. The number of nitrogens with zero attached hydrogens (tertiary/aromatic N) is 3. The fraction of sp³-hybridized carbons (Fsp3) is 0.364. The average molecular weight is 218 g/mol. The van der Waals surface area contributed by atoms with Crippen molar-refractivity contribution in [3.05, 3.63) is 29.7 Å². The van der Waals surface area contributed by atoms with E-state index in [1.54, 1.807) is 22.8 Å². The number of aromatic nitrogens is 3.